The van der Waals surface area contributed by atoms with Crippen molar-refractivity contribution in [2.75, 3.05) is 20.3 Å². The van der Waals surface area contributed by atoms with Crippen molar-refractivity contribution in [2.24, 2.45) is 11.8 Å². The molecule has 9 heteroatoms. The molecule has 0 spiro atoms. The molecule has 0 unspecified atom stereocenters. The Bertz CT molecular complexity index is 1310. The molecule has 1 N–H and O–H groups in total. The average Bonchev–Trinajstić information content (AvgIpc) is 3.43. The van der Waals surface area contributed by atoms with E-state index in [2.05, 4.69) is 20.4 Å². The minimum absolute atomic E-state index is 0.0433. The molecule has 5 rings (SSSR count). The number of hydrogen-bond donors (Lipinski definition) is 1. The van der Waals surface area contributed by atoms with Gasteiger partial charge in [-0.05, 0) is 49.4 Å². The molecule has 4 aromatic rings. The van der Waals surface area contributed by atoms with E-state index in [4.69, 9.17) is 21.3 Å². The lowest BCUT2D eigenvalue weighted by Crippen LogP contribution is -2.32. The number of benzene rings is 1. The van der Waals surface area contributed by atoms with Gasteiger partial charge in [0, 0.05) is 43.8 Å². The Morgan fingerprint density at radius 3 is 3.06 bits per heavy atom. The first-order valence-corrected chi connectivity index (χ1v) is 11.5. The molecular weight excluding hydrogens is 440 g/mol. The SMILES string of the molecule is COCCNC(=O)[C@@H]1CC[C@@H](Cc2ncc3c(Cl)nn(-c4ccc5ncccc5c4)c3n2)C1. The lowest BCUT2D eigenvalue weighted by Gasteiger charge is -2.11. The number of carbonyl (C=O) groups excluding carboxylic acids is 1. The van der Waals surface area contributed by atoms with E-state index in [1.807, 2.05) is 30.3 Å². The number of fused-ring (bicyclic) bond motifs is 2. The minimum atomic E-state index is 0.0433. The first-order valence-electron chi connectivity index (χ1n) is 11.1. The van der Waals surface area contributed by atoms with Gasteiger partial charge in [-0.3, -0.25) is 9.78 Å². The quantitative estimate of drug-likeness (QED) is 0.419. The minimum Gasteiger partial charge on any atom is -0.383 e. The summed E-state index contributed by atoms with van der Waals surface area (Å²) in [6.45, 7) is 1.07. The maximum atomic E-state index is 12.4. The van der Waals surface area contributed by atoms with Gasteiger partial charge in [-0.25, -0.2) is 14.6 Å². The Kier molecular flexibility index (Phi) is 6.20. The molecule has 1 aliphatic carbocycles. The maximum absolute atomic E-state index is 12.4. The van der Waals surface area contributed by atoms with E-state index in [0.717, 1.165) is 48.1 Å². The van der Waals surface area contributed by atoms with Gasteiger partial charge >= 0.3 is 0 Å². The van der Waals surface area contributed by atoms with E-state index in [9.17, 15) is 4.79 Å². The summed E-state index contributed by atoms with van der Waals surface area (Å²) < 4.78 is 6.76. The van der Waals surface area contributed by atoms with Crippen LogP contribution in [-0.4, -0.2) is 50.9 Å². The Labute approximate surface area is 196 Å². The molecular formula is C24H25ClN6O2. The first-order chi connectivity index (χ1) is 16.1. The zero-order chi connectivity index (χ0) is 22.8. The molecule has 0 aliphatic heterocycles. The van der Waals surface area contributed by atoms with Gasteiger partial charge in [0.15, 0.2) is 10.8 Å². The van der Waals surface area contributed by atoms with Gasteiger partial charge < -0.3 is 10.1 Å². The third-order valence-electron chi connectivity index (χ3n) is 6.25. The molecule has 0 saturated heterocycles. The fraction of sp³-hybridized carbons (Fsp3) is 0.375. The molecule has 0 radical (unpaired) electrons. The van der Waals surface area contributed by atoms with E-state index in [1.165, 1.54) is 0 Å². The van der Waals surface area contributed by atoms with Crippen molar-refractivity contribution in [1.29, 1.82) is 0 Å². The second-order valence-corrected chi connectivity index (χ2v) is 8.83. The summed E-state index contributed by atoms with van der Waals surface area (Å²) in [5, 5.41) is 9.56. The van der Waals surface area contributed by atoms with Crippen LogP contribution in [0, 0.1) is 11.8 Å². The van der Waals surface area contributed by atoms with Crippen LogP contribution in [0.1, 0.15) is 25.1 Å². The van der Waals surface area contributed by atoms with Crippen molar-refractivity contribution in [3.8, 4) is 5.69 Å². The van der Waals surface area contributed by atoms with E-state index in [1.54, 1.807) is 24.2 Å². The van der Waals surface area contributed by atoms with Crippen LogP contribution in [0.4, 0.5) is 0 Å². The molecule has 1 fully saturated rings. The number of amides is 1. The Morgan fingerprint density at radius 2 is 2.18 bits per heavy atom. The molecule has 3 heterocycles. The van der Waals surface area contributed by atoms with E-state index in [-0.39, 0.29) is 11.8 Å². The highest BCUT2D eigenvalue weighted by Crippen LogP contribution is 2.33. The number of nitrogens with one attached hydrogen (secondary N) is 1. The van der Waals surface area contributed by atoms with Gasteiger partial charge in [0.25, 0.3) is 0 Å². The highest BCUT2D eigenvalue weighted by molar-refractivity contribution is 6.34. The largest absolute Gasteiger partial charge is 0.383 e. The third kappa shape index (κ3) is 4.54. The number of ether oxygens (including phenoxy) is 1. The van der Waals surface area contributed by atoms with Crippen LogP contribution in [0.2, 0.25) is 5.15 Å². The van der Waals surface area contributed by atoms with Gasteiger partial charge in [0.05, 0.1) is 23.2 Å². The molecule has 8 nitrogen and oxygen atoms in total. The summed E-state index contributed by atoms with van der Waals surface area (Å²) in [6, 6.07) is 9.87. The molecule has 1 amide bonds. The van der Waals surface area contributed by atoms with Crippen LogP contribution in [0.25, 0.3) is 27.6 Å². The molecule has 1 saturated carbocycles. The highest BCUT2D eigenvalue weighted by atomic mass is 35.5. The van der Waals surface area contributed by atoms with Crippen LogP contribution < -0.4 is 5.32 Å². The number of aromatic nitrogens is 5. The molecule has 1 aliphatic rings. The number of methoxy groups -OCH3 is 1. The molecule has 0 bridgehead atoms. The number of halogens is 1. The van der Waals surface area contributed by atoms with Gasteiger partial charge in [-0.2, -0.15) is 5.10 Å². The summed E-state index contributed by atoms with van der Waals surface area (Å²) in [7, 11) is 1.63. The van der Waals surface area contributed by atoms with Crippen molar-refractivity contribution in [3.63, 3.8) is 0 Å². The van der Waals surface area contributed by atoms with E-state index in [0.29, 0.717) is 35.3 Å². The Hall–Kier alpha value is -3.10. The fourth-order valence-corrected chi connectivity index (χ4v) is 4.76. The van der Waals surface area contributed by atoms with Crippen molar-refractivity contribution in [3.05, 3.63) is 53.7 Å². The van der Waals surface area contributed by atoms with Crippen LogP contribution in [-0.2, 0) is 16.0 Å². The van der Waals surface area contributed by atoms with Crippen molar-refractivity contribution < 1.29 is 9.53 Å². The molecule has 2 atom stereocenters. The highest BCUT2D eigenvalue weighted by Gasteiger charge is 2.30. The summed E-state index contributed by atoms with van der Waals surface area (Å²) in [5.74, 6) is 1.27. The number of hydrogen-bond acceptors (Lipinski definition) is 6. The van der Waals surface area contributed by atoms with Crippen molar-refractivity contribution >= 4 is 39.4 Å². The number of pyridine rings is 1. The number of carbonyl (C=O) groups is 1. The maximum Gasteiger partial charge on any atom is 0.223 e. The fourth-order valence-electron chi connectivity index (χ4n) is 4.55. The topological polar surface area (TPSA) is 94.8 Å². The molecule has 3 aromatic heterocycles. The zero-order valence-electron chi connectivity index (χ0n) is 18.4. The average molecular weight is 465 g/mol. The Balaban J connectivity index is 1.36. The Morgan fingerprint density at radius 1 is 1.27 bits per heavy atom. The summed E-state index contributed by atoms with van der Waals surface area (Å²) in [5.41, 5.74) is 2.46. The third-order valence-corrected chi connectivity index (χ3v) is 6.53. The number of rotatable bonds is 7. The van der Waals surface area contributed by atoms with Crippen molar-refractivity contribution in [2.45, 2.75) is 25.7 Å². The summed E-state index contributed by atoms with van der Waals surface area (Å²) in [4.78, 5) is 26.1. The summed E-state index contributed by atoms with van der Waals surface area (Å²) >= 11 is 6.40. The van der Waals surface area contributed by atoms with Gasteiger partial charge in [0.2, 0.25) is 5.91 Å². The van der Waals surface area contributed by atoms with E-state index >= 15 is 0 Å². The van der Waals surface area contributed by atoms with Crippen LogP contribution in [0.5, 0.6) is 0 Å². The van der Waals surface area contributed by atoms with Gasteiger partial charge in [-0.1, -0.05) is 17.7 Å². The van der Waals surface area contributed by atoms with E-state index < -0.39 is 0 Å². The molecule has 1 aromatic carbocycles. The lowest BCUT2D eigenvalue weighted by atomic mass is 10.0. The molecule has 170 valence electrons. The van der Waals surface area contributed by atoms with Gasteiger partial charge in [0.1, 0.15) is 5.82 Å². The predicted molar refractivity (Wildman–Crippen MR) is 126 cm³/mol. The second-order valence-electron chi connectivity index (χ2n) is 8.47. The standard InChI is InChI=1S/C24H25ClN6O2/c1-33-10-9-27-24(32)17-5-4-15(11-17)12-21-28-14-19-22(25)30-31(23(19)29-21)18-6-7-20-16(13-18)3-2-8-26-20/h2-3,6-8,13-15,17H,4-5,9-12H2,1H3,(H,27,32)/t15-,17-/m1/s1. The zero-order valence-corrected chi connectivity index (χ0v) is 19.1. The monoisotopic (exact) mass is 464 g/mol. The smallest absolute Gasteiger partial charge is 0.223 e. The predicted octanol–water partition coefficient (Wildman–Crippen LogP) is 3.74. The number of nitrogens with zero attached hydrogens (tertiary/aromatic N) is 5. The second kappa shape index (κ2) is 9.41. The van der Waals surface area contributed by atoms with Crippen LogP contribution in [0.3, 0.4) is 0 Å². The van der Waals surface area contributed by atoms with Gasteiger partial charge in [-0.15, -0.1) is 0 Å². The summed E-state index contributed by atoms with van der Waals surface area (Å²) in [6.07, 6.45) is 6.97. The van der Waals surface area contributed by atoms with Crippen molar-refractivity contribution in [1.82, 2.24) is 30.0 Å². The lowest BCUT2D eigenvalue weighted by molar-refractivity contribution is -0.125. The van der Waals surface area contributed by atoms with Crippen LogP contribution in [0.15, 0.2) is 42.7 Å². The first kappa shape index (κ1) is 21.7. The van der Waals surface area contributed by atoms with Crippen LogP contribution >= 0.6 is 11.6 Å². The molecule has 33 heavy (non-hydrogen) atoms. The normalized spacial score (nSPS) is 18.2.